The summed E-state index contributed by atoms with van der Waals surface area (Å²) in [5.74, 6) is -7.58. The molecule has 1 heterocycles. The predicted octanol–water partition coefficient (Wildman–Crippen LogP) is 6.04. The number of carboxylic acid groups (broad SMARTS) is 1. The van der Waals surface area contributed by atoms with Gasteiger partial charge in [-0.25, -0.2) is 22.5 Å². The van der Waals surface area contributed by atoms with Crippen LogP contribution in [0.1, 0.15) is 48.5 Å². The Morgan fingerprint density at radius 1 is 0.923 bits per heavy atom. The molecule has 11 heteroatoms. The summed E-state index contributed by atoms with van der Waals surface area (Å²) in [4.78, 5) is 29.4. The number of amides is 1. The lowest BCUT2D eigenvalue weighted by Crippen LogP contribution is -2.34. The second-order valence-corrected chi connectivity index (χ2v) is 9.94. The van der Waals surface area contributed by atoms with Crippen molar-refractivity contribution in [3.8, 4) is 11.4 Å². The first-order valence-electron chi connectivity index (χ1n) is 12.3. The molecule has 0 bridgehead atoms. The molecule has 1 amide bonds. The standard InChI is InChI=1S/C28H22ClF4N3O3/c29-17-8-6-15(7-9-17)26-34-22-12-18(30)19(31)13-23(22)36(26)25(14-4-2-1-3-5-14)27(37)35-24-20(32)10-16(28(38)39)11-21(24)33/h6-14,25H,1-5H2,(H,35,37)(H,38,39)/p-1/t25-/m0/s1. The van der Waals surface area contributed by atoms with E-state index in [4.69, 9.17) is 11.6 Å². The van der Waals surface area contributed by atoms with E-state index in [0.717, 1.165) is 31.4 Å². The van der Waals surface area contributed by atoms with Crippen LogP contribution >= 0.6 is 11.6 Å². The smallest absolute Gasteiger partial charge is 0.247 e. The largest absolute Gasteiger partial charge is 0.545 e. The summed E-state index contributed by atoms with van der Waals surface area (Å²) in [5, 5.41) is 13.8. The van der Waals surface area contributed by atoms with Crippen molar-refractivity contribution < 1.29 is 32.3 Å². The molecule has 1 N–H and O–H groups in total. The van der Waals surface area contributed by atoms with E-state index in [2.05, 4.69) is 10.3 Å². The number of aromatic carboxylic acids is 1. The van der Waals surface area contributed by atoms with E-state index >= 15 is 0 Å². The van der Waals surface area contributed by atoms with E-state index < -0.39 is 52.4 Å². The Morgan fingerprint density at radius 2 is 1.54 bits per heavy atom. The molecule has 1 aromatic heterocycles. The van der Waals surface area contributed by atoms with Gasteiger partial charge in [-0.1, -0.05) is 30.9 Å². The molecule has 0 saturated heterocycles. The van der Waals surface area contributed by atoms with Gasteiger partial charge >= 0.3 is 0 Å². The maximum Gasteiger partial charge on any atom is 0.247 e. The molecule has 0 spiro atoms. The lowest BCUT2D eigenvalue weighted by Gasteiger charge is -2.32. The van der Waals surface area contributed by atoms with E-state index in [9.17, 15) is 32.3 Å². The number of hydrogen-bond donors (Lipinski definition) is 1. The number of nitrogens with zero attached hydrogens (tertiary/aromatic N) is 2. The number of carbonyl (C=O) groups excluding carboxylic acids is 2. The van der Waals surface area contributed by atoms with Gasteiger partial charge in [-0.05, 0) is 55.2 Å². The first-order chi connectivity index (χ1) is 18.6. The van der Waals surface area contributed by atoms with E-state index in [1.54, 1.807) is 24.3 Å². The van der Waals surface area contributed by atoms with Crippen LogP contribution in [-0.2, 0) is 4.79 Å². The number of imidazole rings is 1. The van der Waals surface area contributed by atoms with Crippen molar-refractivity contribution in [2.75, 3.05) is 5.32 Å². The van der Waals surface area contributed by atoms with Gasteiger partial charge in [-0.2, -0.15) is 0 Å². The molecule has 6 nitrogen and oxygen atoms in total. The fourth-order valence-corrected chi connectivity index (χ4v) is 5.30. The van der Waals surface area contributed by atoms with Crippen molar-refractivity contribution >= 4 is 40.2 Å². The maximum absolute atomic E-state index is 14.7. The van der Waals surface area contributed by atoms with Gasteiger partial charge in [-0.15, -0.1) is 0 Å². The molecule has 3 aromatic carbocycles. The Balaban J connectivity index is 1.69. The second kappa shape index (κ2) is 10.7. The average molecular weight is 559 g/mol. The van der Waals surface area contributed by atoms with E-state index in [1.807, 2.05) is 0 Å². The Kier molecular flexibility index (Phi) is 7.31. The summed E-state index contributed by atoms with van der Waals surface area (Å²) in [7, 11) is 0. The topological polar surface area (TPSA) is 87.0 Å². The van der Waals surface area contributed by atoms with Gasteiger partial charge in [0.1, 0.15) is 29.2 Å². The lowest BCUT2D eigenvalue weighted by atomic mass is 9.83. The molecular formula is C28H21ClF4N3O3-. The third kappa shape index (κ3) is 5.21. The van der Waals surface area contributed by atoms with Crippen molar-refractivity contribution in [2.45, 2.75) is 38.1 Å². The van der Waals surface area contributed by atoms with Gasteiger partial charge in [0.15, 0.2) is 11.6 Å². The highest BCUT2D eigenvalue weighted by atomic mass is 35.5. The molecule has 1 fully saturated rings. The molecule has 5 rings (SSSR count). The van der Waals surface area contributed by atoms with Crippen molar-refractivity contribution in [3.63, 3.8) is 0 Å². The Bertz CT molecular complexity index is 1560. The summed E-state index contributed by atoms with van der Waals surface area (Å²) >= 11 is 6.04. The summed E-state index contributed by atoms with van der Waals surface area (Å²) in [6, 6.07) is 8.32. The van der Waals surface area contributed by atoms with Crippen LogP contribution in [0.25, 0.3) is 22.4 Å². The fraction of sp³-hybridized carbons (Fsp3) is 0.250. The molecule has 202 valence electrons. The maximum atomic E-state index is 14.7. The first kappa shape index (κ1) is 26.7. The SMILES string of the molecule is O=C([O-])c1cc(F)c(NC(=O)[C@H](C2CCCCC2)n2c(-c3ccc(Cl)cc3)nc3cc(F)c(F)cc32)c(F)c1. The highest BCUT2D eigenvalue weighted by Crippen LogP contribution is 2.39. The number of anilines is 1. The van der Waals surface area contributed by atoms with E-state index in [-0.39, 0.29) is 22.8 Å². The van der Waals surface area contributed by atoms with Crippen LogP contribution in [0.3, 0.4) is 0 Å². The predicted molar refractivity (Wildman–Crippen MR) is 135 cm³/mol. The molecule has 1 aliphatic rings. The van der Waals surface area contributed by atoms with Crippen molar-refractivity contribution in [1.29, 1.82) is 0 Å². The van der Waals surface area contributed by atoms with Gasteiger partial charge in [0.2, 0.25) is 5.91 Å². The van der Waals surface area contributed by atoms with Crippen LogP contribution in [0.5, 0.6) is 0 Å². The monoisotopic (exact) mass is 558 g/mol. The molecule has 1 aliphatic carbocycles. The van der Waals surface area contributed by atoms with Crippen LogP contribution < -0.4 is 10.4 Å². The molecule has 0 aliphatic heterocycles. The van der Waals surface area contributed by atoms with E-state index in [0.29, 0.717) is 35.6 Å². The van der Waals surface area contributed by atoms with Gasteiger partial charge in [-0.3, -0.25) is 4.79 Å². The number of aromatic nitrogens is 2. The van der Waals surface area contributed by atoms with Gasteiger partial charge in [0, 0.05) is 28.3 Å². The van der Waals surface area contributed by atoms with Crippen LogP contribution in [0.2, 0.25) is 5.02 Å². The molecule has 4 aromatic rings. The summed E-state index contributed by atoms with van der Waals surface area (Å²) in [6.07, 6.45) is 3.71. The van der Waals surface area contributed by atoms with Crippen LogP contribution in [0.15, 0.2) is 48.5 Å². The Labute approximate surface area is 225 Å². The summed E-state index contributed by atoms with van der Waals surface area (Å²) in [6.45, 7) is 0. The Hall–Kier alpha value is -3.92. The van der Waals surface area contributed by atoms with Crippen LogP contribution in [0.4, 0.5) is 23.2 Å². The summed E-state index contributed by atoms with van der Waals surface area (Å²) < 4.78 is 59.6. The number of benzene rings is 3. The number of nitrogens with one attached hydrogen (secondary N) is 1. The van der Waals surface area contributed by atoms with Crippen molar-refractivity contribution in [1.82, 2.24) is 9.55 Å². The highest BCUT2D eigenvalue weighted by Gasteiger charge is 2.35. The van der Waals surface area contributed by atoms with Gasteiger partial charge < -0.3 is 19.8 Å². The van der Waals surface area contributed by atoms with Crippen LogP contribution in [-0.4, -0.2) is 21.4 Å². The zero-order valence-electron chi connectivity index (χ0n) is 20.3. The minimum Gasteiger partial charge on any atom is -0.545 e. The molecule has 1 atom stereocenters. The Morgan fingerprint density at radius 3 is 2.15 bits per heavy atom. The minimum absolute atomic E-state index is 0.0862. The second-order valence-electron chi connectivity index (χ2n) is 9.50. The number of rotatable bonds is 6. The number of carboxylic acids is 1. The third-order valence-electron chi connectivity index (χ3n) is 7.00. The highest BCUT2D eigenvalue weighted by molar-refractivity contribution is 6.30. The van der Waals surface area contributed by atoms with Crippen molar-refractivity contribution in [3.05, 3.63) is 82.4 Å². The van der Waals surface area contributed by atoms with E-state index in [1.165, 1.54) is 4.57 Å². The van der Waals surface area contributed by atoms with Gasteiger partial charge in [0.25, 0.3) is 0 Å². The lowest BCUT2D eigenvalue weighted by molar-refractivity contribution is -0.255. The minimum atomic E-state index is -1.78. The number of fused-ring (bicyclic) bond motifs is 1. The molecular weight excluding hydrogens is 538 g/mol. The van der Waals surface area contributed by atoms with Crippen LogP contribution in [0, 0.1) is 29.2 Å². The molecule has 0 radical (unpaired) electrons. The normalized spacial score (nSPS) is 14.9. The quantitative estimate of drug-likeness (QED) is 0.292. The zero-order chi connectivity index (χ0) is 27.8. The zero-order valence-corrected chi connectivity index (χ0v) is 21.1. The average Bonchev–Trinajstić information content (AvgIpc) is 3.25. The van der Waals surface area contributed by atoms with Crippen molar-refractivity contribution in [2.24, 2.45) is 5.92 Å². The number of halogens is 5. The fourth-order valence-electron chi connectivity index (χ4n) is 5.17. The number of hydrogen-bond acceptors (Lipinski definition) is 4. The molecule has 1 saturated carbocycles. The number of carbonyl (C=O) groups is 2. The summed E-state index contributed by atoms with van der Waals surface area (Å²) in [5.41, 5.74) is -0.850. The first-order valence-corrected chi connectivity index (χ1v) is 12.7. The third-order valence-corrected chi connectivity index (χ3v) is 7.26. The van der Waals surface area contributed by atoms with Gasteiger partial charge in [0.05, 0.1) is 17.0 Å². The molecule has 0 unspecified atom stereocenters. The molecule has 39 heavy (non-hydrogen) atoms.